The SMILES string of the molecule is COc1ccc(O)c(-c2ccc3ccnc(C(=O)NCC(=O)O)c3c2)c1. The average molecular weight is 352 g/mol. The van der Waals surface area contributed by atoms with Gasteiger partial charge in [-0.3, -0.25) is 14.6 Å². The third kappa shape index (κ3) is 3.41. The maximum atomic E-state index is 12.3. The second kappa shape index (κ2) is 7.10. The van der Waals surface area contributed by atoms with E-state index in [0.717, 1.165) is 5.39 Å². The first kappa shape index (κ1) is 17.2. The van der Waals surface area contributed by atoms with Gasteiger partial charge in [-0.15, -0.1) is 0 Å². The van der Waals surface area contributed by atoms with E-state index in [-0.39, 0.29) is 11.4 Å². The molecule has 2 aromatic carbocycles. The molecule has 0 fully saturated rings. The van der Waals surface area contributed by atoms with Crippen LogP contribution in [0, 0.1) is 0 Å². The van der Waals surface area contributed by atoms with Crippen molar-refractivity contribution < 1.29 is 24.5 Å². The summed E-state index contributed by atoms with van der Waals surface area (Å²) < 4.78 is 5.19. The summed E-state index contributed by atoms with van der Waals surface area (Å²) in [7, 11) is 1.53. The minimum absolute atomic E-state index is 0.0749. The third-order valence-corrected chi connectivity index (χ3v) is 3.90. The number of phenols is 1. The largest absolute Gasteiger partial charge is 0.507 e. The van der Waals surface area contributed by atoms with Gasteiger partial charge in [0.15, 0.2) is 0 Å². The summed E-state index contributed by atoms with van der Waals surface area (Å²) >= 11 is 0. The summed E-state index contributed by atoms with van der Waals surface area (Å²) in [6.45, 7) is -0.493. The van der Waals surface area contributed by atoms with Crippen molar-refractivity contribution in [2.45, 2.75) is 0 Å². The number of methoxy groups -OCH3 is 1. The number of nitrogens with one attached hydrogen (secondary N) is 1. The van der Waals surface area contributed by atoms with Crippen molar-refractivity contribution >= 4 is 22.6 Å². The van der Waals surface area contributed by atoms with Crippen molar-refractivity contribution in [2.24, 2.45) is 0 Å². The van der Waals surface area contributed by atoms with Gasteiger partial charge in [0.25, 0.3) is 5.91 Å². The average Bonchev–Trinajstić information content (AvgIpc) is 2.65. The zero-order valence-electron chi connectivity index (χ0n) is 13.9. The van der Waals surface area contributed by atoms with Crippen molar-refractivity contribution in [3.63, 3.8) is 0 Å². The first-order chi connectivity index (χ1) is 12.5. The monoisotopic (exact) mass is 352 g/mol. The molecule has 1 amide bonds. The smallest absolute Gasteiger partial charge is 0.322 e. The van der Waals surface area contributed by atoms with E-state index in [1.807, 2.05) is 6.07 Å². The van der Waals surface area contributed by atoms with Gasteiger partial charge in [0.05, 0.1) is 7.11 Å². The minimum atomic E-state index is -1.14. The van der Waals surface area contributed by atoms with E-state index < -0.39 is 18.4 Å². The summed E-state index contributed by atoms with van der Waals surface area (Å²) in [5.41, 5.74) is 1.34. The standard InChI is InChI=1S/C19H16N2O5/c1-26-13-4-5-16(22)14(9-13)12-3-2-11-6-7-20-18(15(11)8-12)19(25)21-10-17(23)24/h2-9,22H,10H2,1H3,(H,21,25)(H,23,24). The lowest BCUT2D eigenvalue weighted by molar-refractivity contribution is -0.135. The maximum Gasteiger partial charge on any atom is 0.322 e. The lowest BCUT2D eigenvalue weighted by Gasteiger charge is -2.10. The van der Waals surface area contributed by atoms with E-state index in [2.05, 4.69) is 10.3 Å². The van der Waals surface area contributed by atoms with E-state index in [1.54, 1.807) is 30.3 Å². The molecule has 0 unspecified atom stereocenters. The Bertz CT molecular complexity index is 1000. The molecule has 0 saturated heterocycles. The quantitative estimate of drug-likeness (QED) is 0.651. The molecule has 0 aliphatic heterocycles. The van der Waals surface area contributed by atoms with E-state index in [4.69, 9.17) is 9.84 Å². The number of carbonyl (C=O) groups excluding carboxylic acids is 1. The molecule has 0 spiro atoms. The number of carbonyl (C=O) groups is 2. The van der Waals surface area contributed by atoms with Crippen LogP contribution >= 0.6 is 0 Å². The molecule has 0 aliphatic carbocycles. The van der Waals surface area contributed by atoms with Gasteiger partial charge in [0.1, 0.15) is 23.7 Å². The van der Waals surface area contributed by atoms with Crippen LogP contribution in [-0.2, 0) is 4.79 Å². The van der Waals surface area contributed by atoms with Crippen LogP contribution in [0.25, 0.3) is 21.9 Å². The lowest BCUT2D eigenvalue weighted by atomic mass is 9.99. The maximum absolute atomic E-state index is 12.3. The second-order valence-corrected chi connectivity index (χ2v) is 5.55. The predicted molar refractivity (Wildman–Crippen MR) is 95.4 cm³/mol. The number of carboxylic acid groups (broad SMARTS) is 1. The molecule has 26 heavy (non-hydrogen) atoms. The van der Waals surface area contributed by atoms with Crippen LogP contribution in [0.5, 0.6) is 11.5 Å². The van der Waals surface area contributed by atoms with Gasteiger partial charge in [-0.2, -0.15) is 0 Å². The van der Waals surface area contributed by atoms with Gasteiger partial charge in [0.2, 0.25) is 0 Å². The molecule has 3 aromatic rings. The summed E-state index contributed by atoms with van der Waals surface area (Å²) in [5, 5.41) is 22.5. The Balaban J connectivity index is 2.09. The minimum Gasteiger partial charge on any atom is -0.507 e. The fourth-order valence-corrected chi connectivity index (χ4v) is 2.63. The number of aliphatic carboxylic acids is 1. The highest BCUT2D eigenvalue weighted by Crippen LogP contribution is 2.34. The van der Waals surface area contributed by atoms with Crippen LogP contribution < -0.4 is 10.1 Å². The van der Waals surface area contributed by atoms with Gasteiger partial charge < -0.3 is 20.3 Å². The molecule has 0 atom stereocenters. The number of fused-ring (bicyclic) bond motifs is 1. The van der Waals surface area contributed by atoms with Crippen LogP contribution in [0.1, 0.15) is 10.5 Å². The number of ether oxygens (including phenoxy) is 1. The number of hydrogen-bond donors (Lipinski definition) is 3. The Labute approximate surface area is 148 Å². The molecule has 0 radical (unpaired) electrons. The van der Waals surface area contributed by atoms with Crippen molar-refractivity contribution in [2.75, 3.05) is 13.7 Å². The number of nitrogens with zero attached hydrogens (tertiary/aromatic N) is 1. The summed E-state index contributed by atoms with van der Waals surface area (Å²) in [4.78, 5) is 27.0. The fourth-order valence-electron chi connectivity index (χ4n) is 2.63. The Morgan fingerprint density at radius 3 is 2.69 bits per heavy atom. The highest BCUT2D eigenvalue weighted by atomic mass is 16.5. The molecule has 1 aromatic heterocycles. The van der Waals surface area contributed by atoms with E-state index in [1.165, 1.54) is 19.4 Å². The molecule has 0 bridgehead atoms. The number of aromatic hydroxyl groups is 1. The number of pyridine rings is 1. The summed E-state index contributed by atoms with van der Waals surface area (Å²) in [6.07, 6.45) is 1.49. The fraction of sp³-hybridized carbons (Fsp3) is 0.105. The van der Waals surface area contributed by atoms with E-state index in [9.17, 15) is 14.7 Å². The highest BCUT2D eigenvalue weighted by molar-refractivity contribution is 6.06. The van der Waals surface area contributed by atoms with Gasteiger partial charge in [0, 0.05) is 17.1 Å². The normalized spacial score (nSPS) is 10.5. The Morgan fingerprint density at radius 2 is 1.96 bits per heavy atom. The van der Waals surface area contributed by atoms with E-state index >= 15 is 0 Å². The zero-order valence-corrected chi connectivity index (χ0v) is 13.9. The second-order valence-electron chi connectivity index (χ2n) is 5.55. The molecule has 3 rings (SSSR count). The van der Waals surface area contributed by atoms with Gasteiger partial charge in [-0.25, -0.2) is 0 Å². The number of phenolic OH excluding ortho intramolecular Hbond substituents is 1. The number of amides is 1. The van der Waals surface area contributed by atoms with Gasteiger partial charge in [-0.05, 0) is 41.3 Å². The molecule has 132 valence electrons. The van der Waals surface area contributed by atoms with Crippen molar-refractivity contribution in [3.8, 4) is 22.6 Å². The Morgan fingerprint density at radius 1 is 1.15 bits per heavy atom. The molecular formula is C19H16N2O5. The van der Waals surface area contributed by atoms with Crippen LogP contribution in [0.2, 0.25) is 0 Å². The molecule has 7 nitrogen and oxygen atoms in total. The number of carboxylic acids is 1. The van der Waals surface area contributed by atoms with Gasteiger partial charge in [-0.1, -0.05) is 12.1 Å². The predicted octanol–water partition coefficient (Wildman–Crippen LogP) is 2.43. The molecule has 1 heterocycles. The van der Waals surface area contributed by atoms with Crippen molar-refractivity contribution in [1.29, 1.82) is 0 Å². The highest BCUT2D eigenvalue weighted by Gasteiger charge is 2.14. The number of rotatable bonds is 5. The summed E-state index contributed by atoms with van der Waals surface area (Å²) in [6, 6.07) is 12.0. The lowest BCUT2D eigenvalue weighted by Crippen LogP contribution is -2.30. The molecule has 0 saturated carbocycles. The molecular weight excluding hydrogens is 336 g/mol. The summed E-state index contributed by atoms with van der Waals surface area (Å²) in [5.74, 6) is -1.06. The number of hydrogen-bond acceptors (Lipinski definition) is 5. The first-order valence-electron chi connectivity index (χ1n) is 7.75. The topological polar surface area (TPSA) is 109 Å². The molecule has 7 heteroatoms. The zero-order chi connectivity index (χ0) is 18.7. The molecule has 0 aliphatic rings. The van der Waals surface area contributed by atoms with Crippen LogP contribution in [0.4, 0.5) is 0 Å². The first-order valence-corrected chi connectivity index (χ1v) is 7.75. The Kier molecular flexibility index (Phi) is 4.70. The van der Waals surface area contributed by atoms with Crippen molar-refractivity contribution in [1.82, 2.24) is 10.3 Å². The number of benzene rings is 2. The van der Waals surface area contributed by atoms with Crippen LogP contribution in [-0.4, -0.2) is 40.7 Å². The van der Waals surface area contributed by atoms with Crippen LogP contribution in [0.15, 0.2) is 48.7 Å². The Hall–Kier alpha value is -3.61. The molecule has 3 N–H and O–H groups in total. The van der Waals surface area contributed by atoms with Crippen molar-refractivity contribution in [3.05, 3.63) is 54.4 Å². The van der Waals surface area contributed by atoms with E-state index in [0.29, 0.717) is 22.3 Å². The number of aromatic nitrogens is 1. The van der Waals surface area contributed by atoms with Crippen LogP contribution in [0.3, 0.4) is 0 Å². The van der Waals surface area contributed by atoms with Gasteiger partial charge >= 0.3 is 5.97 Å². The third-order valence-electron chi connectivity index (χ3n) is 3.90.